The van der Waals surface area contributed by atoms with Crippen molar-refractivity contribution in [1.29, 1.82) is 0 Å². The number of benzene rings is 1. The molecular formula is C14H19NO2. The smallest absolute Gasteiger partial charge is 0.126 e. The second-order valence-corrected chi connectivity index (χ2v) is 5.17. The van der Waals surface area contributed by atoms with Crippen LogP contribution in [0, 0.1) is 5.92 Å². The van der Waals surface area contributed by atoms with Crippen LogP contribution in [0.3, 0.4) is 0 Å². The molecule has 1 unspecified atom stereocenters. The summed E-state index contributed by atoms with van der Waals surface area (Å²) < 4.78 is 5.70. The van der Waals surface area contributed by atoms with Crippen molar-refractivity contribution in [1.82, 2.24) is 5.32 Å². The van der Waals surface area contributed by atoms with Crippen molar-refractivity contribution < 1.29 is 9.84 Å². The van der Waals surface area contributed by atoms with Gasteiger partial charge in [-0.15, -0.1) is 0 Å². The topological polar surface area (TPSA) is 41.5 Å². The summed E-state index contributed by atoms with van der Waals surface area (Å²) in [6, 6.07) is 6.23. The number of hydrogen-bond donors (Lipinski definition) is 2. The number of rotatable bonds is 3. The second-order valence-electron chi connectivity index (χ2n) is 5.17. The van der Waals surface area contributed by atoms with E-state index in [4.69, 9.17) is 4.74 Å². The molecule has 0 amide bonds. The van der Waals surface area contributed by atoms with Crippen molar-refractivity contribution in [2.45, 2.75) is 31.7 Å². The molecule has 92 valence electrons. The molecule has 3 heteroatoms. The van der Waals surface area contributed by atoms with E-state index in [1.54, 1.807) is 6.07 Å². The SMILES string of the molecule is Oc1cccc2c1CC(CNC1CCC1)CO2. The minimum absolute atomic E-state index is 0.371. The quantitative estimate of drug-likeness (QED) is 0.840. The summed E-state index contributed by atoms with van der Waals surface area (Å²) in [6.07, 6.45) is 4.91. The fourth-order valence-corrected chi connectivity index (χ4v) is 2.53. The zero-order valence-corrected chi connectivity index (χ0v) is 9.98. The van der Waals surface area contributed by atoms with Crippen LogP contribution < -0.4 is 10.1 Å². The van der Waals surface area contributed by atoms with Crippen molar-refractivity contribution in [3.63, 3.8) is 0 Å². The van der Waals surface area contributed by atoms with Gasteiger partial charge in [-0.25, -0.2) is 0 Å². The number of nitrogens with one attached hydrogen (secondary N) is 1. The Kier molecular flexibility index (Phi) is 2.93. The fourth-order valence-electron chi connectivity index (χ4n) is 2.53. The van der Waals surface area contributed by atoms with Crippen LogP contribution in [0.2, 0.25) is 0 Å². The largest absolute Gasteiger partial charge is 0.508 e. The van der Waals surface area contributed by atoms with E-state index in [9.17, 15) is 5.11 Å². The third kappa shape index (κ3) is 2.25. The van der Waals surface area contributed by atoms with Gasteiger partial charge in [0.2, 0.25) is 0 Å². The summed E-state index contributed by atoms with van der Waals surface area (Å²) in [6.45, 7) is 1.76. The van der Waals surface area contributed by atoms with E-state index in [1.807, 2.05) is 12.1 Å². The van der Waals surface area contributed by atoms with E-state index in [2.05, 4.69) is 5.32 Å². The summed E-state index contributed by atoms with van der Waals surface area (Å²) in [7, 11) is 0. The minimum atomic E-state index is 0.371. The Morgan fingerprint density at radius 3 is 3.00 bits per heavy atom. The highest BCUT2D eigenvalue weighted by Gasteiger charge is 2.24. The lowest BCUT2D eigenvalue weighted by Crippen LogP contribution is -2.40. The van der Waals surface area contributed by atoms with Crippen LogP contribution in [0.5, 0.6) is 11.5 Å². The van der Waals surface area contributed by atoms with Crippen molar-refractivity contribution in [3.05, 3.63) is 23.8 Å². The molecule has 2 aliphatic rings. The summed E-state index contributed by atoms with van der Waals surface area (Å²) in [4.78, 5) is 0. The van der Waals surface area contributed by atoms with Gasteiger partial charge in [-0.3, -0.25) is 0 Å². The molecule has 17 heavy (non-hydrogen) atoms. The lowest BCUT2D eigenvalue weighted by atomic mass is 9.91. The minimum Gasteiger partial charge on any atom is -0.508 e. The molecule has 0 radical (unpaired) electrons. The molecule has 1 aromatic rings. The standard InChI is InChI=1S/C14H19NO2/c16-13-5-2-6-14-12(13)7-10(9-17-14)8-15-11-3-1-4-11/h2,5-6,10-11,15-16H,1,3-4,7-9H2. The lowest BCUT2D eigenvalue weighted by molar-refractivity contribution is 0.203. The van der Waals surface area contributed by atoms with Gasteiger partial charge in [0.1, 0.15) is 11.5 Å². The van der Waals surface area contributed by atoms with Gasteiger partial charge in [0.05, 0.1) is 6.61 Å². The van der Waals surface area contributed by atoms with Gasteiger partial charge in [0.25, 0.3) is 0 Å². The molecule has 1 atom stereocenters. The Labute approximate surface area is 102 Å². The summed E-state index contributed by atoms with van der Waals surface area (Å²) in [5.74, 6) is 1.71. The molecule has 3 nitrogen and oxygen atoms in total. The van der Waals surface area contributed by atoms with E-state index < -0.39 is 0 Å². The number of aromatic hydroxyl groups is 1. The highest BCUT2D eigenvalue weighted by Crippen LogP contribution is 2.33. The molecule has 1 saturated carbocycles. The van der Waals surface area contributed by atoms with Gasteiger partial charge < -0.3 is 15.2 Å². The van der Waals surface area contributed by atoms with E-state index in [-0.39, 0.29) is 0 Å². The van der Waals surface area contributed by atoms with Crippen molar-refractivity contribution in [2.24, 2.45) is 5.92 Å². The van der Waals surface area contributed by atoms with Crippen LogP contribution in [0.15, 0.2) is 18.2 Å². The number of ether oxygens (including phenoxy) is 1. The molecule has 1 heterocycles. The molecule has 0 spiro atoms. The predicted molar refractivity (Wildman–Crippen MR) is 66.4 cm³/mol. The molecule has 0 bridgehead atoms. The van der Waals surface area contributed by atoms with Crippen molar-refractivity contribution in [3.8, 4) is 11.5 Å². The first-order valence-electron chi connectivity index (χ1n) is 6.50. The van der Waals surface area contributed by atoms with Crippen molar-refractivity contribution in [2.75, 3.05) is 13.2 Å². The third-order valence-corrected chi connectivity index (χ3v) is 3.88. The molecule has 1 aromatic carbocycles. The molecule has 1 fully saturated rings. The maximum Gasteiger partial charge on any atom is 0.126 e. The predicted octanol–water partition coefficient (Wildman–Crippen LogP) is 2.09. The maximum absolute atomic E-state index is 9.81. The molecular weight excluding hydrogens is 214 g/mol. The molecule has 3 rings (SSSR count). The van der Waals surface area contributed by atoms with Crippen molar-refractivity contribution >= 4 is 0 Å². The number of hydrogen-bond acceptors (Lipinski definition) is 3. The average Bonchev–Trinajstić information content (AvgIpc) is 2.28. The summed E-state index contributed by atoms with van der Waals surface area (Å²) in [5, 5.41) is 13.4. The summed E-state index contributed by atoms with van der Waals surface area (Å²) in [5.41, 5.74) is 0.971. The van der Waals surface area contributed by atoms with Crippen LogP contribution in [0.4, 0.5) is 0 Å². The molecule has 2 N–H and O–H groups in total. The van der Waals surface area contributed by atoms with Gasteiger partial charge in [-0.05, 0) is 31.4 Å². The second kappa shape index (κ2) is 4.57. The Balaban J connectivity index is 1.61. The Hall–Kier alpha value is -1.22. The lowest BCUT2D eigenvalue weighted by Gasteiger charge is -2.31. The van der Waals surface area contributed by atoms with E-state index in [0.717, 1.165) is 36.9 Å². The van der Waals surface area contributed by atoms with Gasteiger partial charge in [0, 0.05) is 24.1 Å². The zero-order valence-electron chi connectivity index (χ0n) is 9.98. The van der Waals surface area contributed by atoms with Crippen LogP contribution in [0.25, 0.3) is 0 Å². The molecule has 1 aliphatic carbocycles. The van der Waals surface area contributed by atoms with Crippen LogP contribution in [0.1, 0.15) is 24.8 Å². The summed E-state index contributed by atoms with van der Waals surface area (Å²) >= 11 is 0. The first kappa shape index (κ1) is 10.9. The number of phenols is 1. The Morgan fingerprint density at radius 2 is 2.24 bits per heavy atom. The zero-order chi connectivity index (χ0) is 11.7. The Morgan fingerprint density at radius 1 is 1.35 bits per heavy atom. The van der Waals surface area contributed by atoms with Crippen LogP contribution >= 0.6 is 0 Å². The number of phenolic OH excluding ortho intramolecular Hbond substituents is 1. The average molecular weight is 233 g/mol. The monoisotopic (exact) mass is 233 g/mol. The fraction of sp³-hybridized carbons (Fsp3) is 0.571. The molecule has 1 aliphatic heterocycles. The van der Waals surface area contributed by atoms with Crippen LogP contribution in [-0.2, 0) is 6.42 Å². The maximum atomic E-state index is 9.81. The van der Waals surface area contributed by atoms with E-state index >= 15 is 0 Å². The number of fused-ring (bicyclic) bond motifs is 1. The van der Waals surface area contributed by atoms with E-state index in [0.29, 0.717) is 11.7 Å². The van der Waals surface area contributed by atoms with E-state index in [1.165, 1.54) is 19.3 Å². The molecule has 0 aromatic heterocycles. The highest BCUT2D eigenvalue weighted by atomic mass is 16.5. The Bertz CT molecular complexity index is 401. The highest BCUT2D eigenvalue weighted by molar-refractivity contribution is 5.45. The van der Waals surface area contributed by atoms with Gasteiger partial charge in [0.15, 0.2) is 0 Å². The van der Waals surface area contributed by atoms with Gasteiger partial charge in [-0.2, -0.15) is 0 Å². The third-order valence-electron chi connectivity index (χ3n) is 3.88. The normalized spacial score (nSPS) is 23.6. The van der Waals surface area contributed by atoms with Gasteiger partial charge in [-0.1, -0.05) is 12.5 Å². The molecule has 0 saturated heterocycles. The first-order chi connectivity index (χ1) is 8.33. The first-order valence-corrected chi connectivity index (χ1v) is 6.50. The van der Waals surface area contributed by atoms with Crippen LogP contribution in [-0.4, -0.2) is 24.3 Å². The van der Waals surface area contributed by atoms with Gasteiger partial charge >= 0.3 is 0 Å².